The van der Waals surface area contributed by atoms with Crippen molar-refractivity contribution < 1.29 is 9.59 Å². The molecule has 0 spiro atoms. The summed E-state index contributed by atoms with van der Waals surface area (Å²) in [6.45, 7) is 5.50. The molecule has 7 nitrogen and oxygen atoms in total. The predicted octanol–water partition coefficient (Wildman–Crippen LogP) is 3.22. The Balaban J connectivity index is 1.33. The van der Waals surface area contributed by atoms with Gasteiger partial charge >= 0.3 is 0 Å². The number of hydrogen-bond acceptors (Lipinski definition) is 5. The van der Waals surface area contributed by atoms with Crippen LogP contribution < -0.4 is 4.90 Å². The second-order valence-corrected chi connectivity index (χ2v) is 7.90. The zero-order chi connectivity index (χ0) is 21.1. The van der Waals surface area contributed by atoms with Crippen LogP contribution >= 0.6 is 0 Å². The highest BCUT2D eigenvalue weighted by Gasteiger charge is 2.27. The largest absolute Gasteiger partial charge is 0.299 e. The summed E-state index contributed by atoms with van der Waals surface area (Å²) in [6, 6.07) is 11.4. The molecular weight excluding hydrogens is 378 g/mol. The van der Waals surface area contributed by atoms with Gasteiger partial charge in [-0.3, -0.25) is 24.5 Å². The number of carbonyl (C=O) groups excluding carboxylic acids is 2. The Bertz CT molecular complexity index is 1040. The van der Waals surface area contributed by atoms with Gasteiger partial charge in [-0.2, -0.15) is 5.10 Å². The highest BCUT2D eigenvalue weighted by Crippen LogP contribution is 2.25. The molecule has 0 bridgehead atoms. The normalized spacial score (nSPS) is 15.7. The van der Waals surface area contributed by atoms with E-state index in [1.165, 1.54) is 0 Å². The van der Waals surface area contributed by atoms with Crippen LogP contribution in [-0.4, -0.2) is 38.0 Å². The molecule has 154 valence electrons. The molecule has 0 saturated heterocycles. The van der Waals surface area contributed by atoms with Gasteiger partial charge in [-0.1, -0.05) is 13.0 Å². The van der Waals surface area contributed by atoms with Crippen molar-refractivity contribution in [1.29, 1.82) is 0 Å². The summed E-state index contributed by atoms with van der Waals surface area (Å²) in [4.78, 5) is 35.7. The van der Waals surface area contributed by atoms with Crippen molar-refractivity contribution in [3.05, 3.63) is 60.2 Å². The van der Waals surface area contributed by atoms with Crippen LogP contribution in [-0.2, 0) is 22.6 Å². The van der Waals surface area contributed by atoms with Crippen LogP contribution in [0.5, 0.6) is 0 Å². The zero-order valence-corrected chi connectivity index (χ0v) is 17.3. The van der Waals surface area contributed by atoms with Crippen LogP contribution in [0.15, 0.2) is 48.8 Å². The Morgan fingerprint density at radius 2 is 1.97 bits per heavy atom. The fourth-order valence-corrected chi connectivity index (χ4v) is 3.76. The molecule has 7 heteroatoms. The van der Waals surface area contributed by atoms with Crippen molar-refractivity contribution in [2.24, 2.45) is 5.92 Å². The van der Waals surface area contributed by atoms with Gasteiger partial charge in [-0.05, 0) is 37.1 Å². The van der Waals surface area contributed by atoms with Crippen LogP contribution in [0.3, 0.4) is 0 Å². The van der Waals surface area contributed by atoms with Gasteiger partial charge in [-0.25, -0.2) is 4.68 Å². The summed E-state index contributed by atoms with van der Waals surface area (Å²) in [7, 11) is 0. The summed E-state index contributed by atoms with van der Waals surface area (Å²) in [6.07, 6.45) is 4.10. The molecule has 30 heavy (non-hydrogen) atoms. The van der Waals surface area contributed by atoms with E-state index in [1.54, 1.807) is 17.3 Å². The lowest BCUT2D eigenvalue weighted by Gasteiger charge is -2.31. The number of aryl methyl sites for hydroxylation is 1. The fraction of sp³-hybridized carbons (Fsp3) is 0.348. The van der Waals surface area contributed by atoms with Crippen molar-refractivity contribution in [1.82, 2.24) is 19.7 Å². The van der Waals surface area contributed by atoms with E-state index in [1.807, 2.05) is 48.0 Å². The molecule has 4 rings (SSSR count). The van der Waals surface area contributed by atoms with E-state index < -0.39 is 0 Å². The van der Waals surface area contributed by atoms with Crippen molar-refractivity contribution in [2.75, 3.05) is 11.4 Å². The standard InChI is InChI=1S/C23H25N5O2/c1-16-14-27(22-11-17(2)26-28(22)15-16)23(30)9-8-20(29)12-19-7-6-18(13-25-19)21-5-3-4-10-24-21/h3-7,10-11,13,16H,8-9,12,14-15H2,1-2H3. The zero-order valence-electron chi connectivity index (χ0n) is 17.3. The smallest absolute Gasteiger partial charge is 0.228 e. The number of rotatable bonds is 6. The van der Waals surface area contributed by atoms with E-state index >= 15 is 0 Å². The maximum atomic E-state index is 12.8. The number of fused-ring (bicyclic) bond motifs is 1. The van der Waals surface area contributed by atoms with E-state index in [2.05, 4.69) is 22.0 Å². The Kier molecular flexibility index (Phi) is 5.70. The van der Waals surface area contributed by atoms with E-state index in [0.717, 1.165) is 29.3 Å². The fourth-order valence-electron chi connectivity index (χ4n) is 3.76. The van der Waals surface area contributed by atoms with Gasteiger partial charge in [0.1, 0.15) is 11.6 Å². The van der Waals surface area contributed by atoms with E-state index in [-0.39, 0.29) is 31.0 Å². The minimum Gasteiger partial charge on any atom is -0.299 e. The first-order valence-corrected chi connectivity index (χ1v) is 10.2. The number of pyridine rings is 2. The van der Waals surface area contributed by atoms with Crippen LogP contribution in [0.4, 0.5) is 5.82 Å². The van der Waals surface area contributed by atoms with Gasteiger partial charge in [0.2, 0.25) is 5.91 Å². The van der Waals surface area contributed by atoms with Crippen molar-refractivity contribution in [3.63, 3.8) is 0 Å². The minimum atomic E-state index is -0.0329. The third-order valence-electron chi connectivity index (χ3n) is 5.22. The number of amides is 1. The monoisotopic (exact) mass is 403 g/mol. The van der Waals surface area contributed by atoms with E-state index in [4.69, 9.17) is 0 Å². The number of anilines is 1. The first kappa shape index (κ1) is 19.9. The van der Waals surface area contributed by atoms with Gasteiger partial charge in [-0.15, -0.1) is 0 Å². The van der Waals surface area contributed by atoms with E-state index in [9.17, 15) is 9.59 Å². The molecule has 1 amide bonds. The molecule has 1 unspecified atom stereocenters. The lowest BCUT2D eigenvalue weighted by Crippen LogP contribution is -2.41. The third-order valence-corrected chi connectivity index (χ3v) is 5.22. The van der Waals surface area contributed by atoms with Crippen molar-refractivity contribution in [2.45, 2.75) is 39.7 Å². The van der Waals surface area contributed by atoms with Gasteiger partial charge in [0, 0.05) is 62.1 Å². The number of hydrogen-bond donors (Lipinski definition) is 0. The van der Waals surface area contributed by atoms with Gasteiger partial charge < -0.3 is 0 Å². The van der Waals surface area contributed by atoms with Crippen LogP contribution in [0.2, 0.25) is 0 Å². The Morgan fingerprint density at radius 1 is 1.10 bits per heavy atom. The minimum absolute atomic E-state index is 0.0104. The molecule has 1 aliphatic heterocycles. The molecule has 4 heterocycles. The Labute approximate surface area is 175 Å². The van der Waals surface area contributed by atoms with Crippen LogP contribution in [0.1, 0.15) is 31.2 Å². The number of aromatic nitrogens is 4. The summed E-state index contributed by atoms with van der Waals surface area (Å²) < 4.78 is 1.89. The third kappa shape index (κ3) is 4.45. The predicted molar refractivity (Wildman–Crippen MR) is 114 cm³/mol. The second-order valence-electron chi connectivity index (χ2n) is 7.90. The lowest BCUT2D eigenvalue weighted by atomic mass is 10.1. The molecule has 0 fully saturated rings. The molecule has 1 aliphatic rings. The number of ketones is 1. The van der Waals surface area contributed by atoms with Crippen molar-refractivity contribution >= 4 is 17.5 Å². The molecule has 3 aromatic rings. The molecule has 1 atom stereocenters. The molecule has 3 aromatic heterocycles. The average Bonchev–Trinajstić information content (AvgIpc) is 3.12. The van der Waals surface area contributed by atoms with Gasteiger partial charge in [0.15, 0.2) is 0 Å². The topological polar surface area (TPSA) is 81.0 Å². The maximum Gasteiger partial charge on any atom is 0.228 e. The average molecular weight is 403 g/mol. The SMILES string of the molecule is Cc1cc2n(n1)CC(C)CN2C(=O)CCC(=O)Cc1ccc(-c2ccccn2)cn1. The molecule has 0 aromatic carbocycles. The summed E-state index contributed by atoms with van der Waals surface area (Å²) in [5, 5.41) is 4.46. The summed E-state index contributed by atoms with van der Waals surface area (Å²) >= 11 is 0. The summed E-state index contributed by atoms with van der Waals surface area (Å²) in [5.41, 5.74) is 3.35. The lowest BCUT2D eigenvalue weighted by molar-refractivity contribution is -0.123. The highest BCUT2D eigenvalue weighted by atomic mass is 16.2. The van der Waals surface area contributed by atoms with Crippen molar-refractivity contribution in [3.8, 4) is 11.3 Å². The highest BCUT2D eigenvalue weighted by molar-refractivity contribution is 5.95. The number of carbonyl (C=O) groups is 2. The van der Waals surface area contributed by atoms with Crippen LogP contribution in [0.25, 0.3) is 11.3 Å². The molecular formula is C23H25N5O2. The van der Waals surface area contributed by atoms with Gasteiger partial charge in [0.25, 0.3) is 0 Å². The molecule has 0 saturated carbocycles. The Morgan fingerprint density at radius 3 is 2.70 bits per heavy atom. The van der Waals surface area contributed by atoms with E-state index in [0.29, 0.717) is 18.2 Å². The molecule has 0 N–H and O–H groups in total. The first-order chi connectivity index (χ1) is 14.5. The summed E-state index contributed by atoms with van der Waals surface area (Å²) in [5.74, 6) is 1.14. The molecule has 0 aliphatic carbocycles. The van der Waals surface area contributed by atoms with Gasteiger partial charge in [0.05, 0.1) is 11.4 Å². The Hall–Kier alpha value is -3.35. The number of nitrogens with zero attached hydrogens (tertiary/aromatic N) is 5. The first-order valence-electron chi connectivity index (χ1n) is 10.2. The quantitative estimate of drug-likeness (QED) is 0.631. The maximum absolute atomic E-state index is 12.8. The van der Waals surface area contributed by atoms with Crippen LogP contribution in [0, 0.1) is 12.8 Å². The number of Topliss-reactive ketones (excluding diaryl/α,β-unsaturated/α-hetero) is 1. The molecule has 0 radical (unpaired) electrons. The second kappa shape index (κ2) is 8.57.